The Kier molecular flexibility index (Phi) is 4.65. The molecule has 1 rings (SSSR count). The number of likely N-dealkylation sites (N-methyl/N-ethyl adjacent to an activating group) is 2. The summed E-state index contributed by atoms with van der Waals surface area (Å²) in [5, 5.41) is 11.6. The van der Waals surface area contributed by atoms with Gasteiger partial charge >= 0.3 is 0 Å². The molecular weight excluding hydrogens is 214 g/mol. The van der Waals surface area contributed by atoms with Crippen LogP contribution in [0.25, 0.3) is 0 Å². The maximum absolute atomic E-state index is 4.16. The van der Waals surface area contributed by atoms with E-state index in [4.69, 9.17) is 0 Å². The number of nitrogens with one attached hydrogen (secondary N) is 1. The number of rotatable bonds is 6. The molecule has 1 aromatic heterocycles. The minimum absolute atomic E-state index is 0.00194. The molecule has 0 aliphatic heterocycles. The van der Waals surface area contributed by atoms with Crippen LogP contribution in [0.2, 0.25) is 0 Å². The van der Waals surface area contributed by atoms with Crippen molar-refractivity contribution in [2.75, 3.05) is 21.1 Å². The first-order valence-electron chi connectivity index (χ1n) is 6.18. The number of hydrogen-bond acceptors (Lipinski definition) is 4. The Balaban J connectivity index is 3.05. The molecular formula is C12H25N5. The van der Waals surface area contributed by atoms with E-state index in [-0.39, 0.29) is 11.6 Å². The van der Waals surface area contributed by atoms with Gasteiger partial charge < -0.3 is 10.2 Å². The maximum Gasteiger partial charge on any atom is 0.0775 e. The predicted molar refractivity (Wildman–Crippen MR) is 69.9 cm³/mol. The van der Waals surface area contributed by atoms with E-state index in [1.54, 1.807) is 0 Å². The molecule has 5 nitrogen and oxygen atoms in total. The summed E-state index contributed by atoms with van der Waals surface area (Å²) >= 11 is 0. The molecule has 1 N–H and O–H groups in total. The second-order valence-corrected chi connectivity index (χ2v) is 5.15. The van der Waals surface area contributed by atoms with E-state index >= 15 is 0 Å². The Morgan fingerprint density at radius 3 is 2.59 bits per heavy atom. The van der Waals surface area contributed by atoms with Crippen LogP contribution in [0.3, 0.4) is 0 Å². The highest BCUT2D eigenvalue weighted by molar-refractivity contribution is 5.10. The van der Waals surface area contributed by atoms with Gasteiger partial charge in [-0.15, -0.1) is 5.10 Å². The van der Waals surface area contributed by atoms with Crippen LogP contribution in [0.4, 0.5) is 0 Å². The molecule has 1 unspecified atom stereocenters. The van der Waals surface area contributed by atoms with Crippen molar-refractivity contribution >= 4 is 0 Å². The van der Waals surface area contributed by atoms with Crippen LogP contribution in [0, 0.1) is 0 Å². The molecule has 0 amide bonds. The summed E-state index contributed by atoms with van der Waals surface area (Å²) in [6.07, 6.45) is 2.93. The molecule has 0 aliphatic carbocycles. The fourth-order valence-electron chi connectivity index (χ4n) is 2.00. The van der Waals surface area contributed by atoms with E-state index in [2.05, 4.69) is 55.4 Å². The number of aromatic nitrogens is 3. The first-order valence-corrected chi connectivity index (χ1v) is 6.18. The Morgan fingerprint density at radius 2 is 2.12 bits per heavy atom. The third-order valence-electron chi connectivity index (χ3n) is 3.53. The van der Waals surface area contributed by atoms with Gasteiger partial charge in [-0.1, -0.05) is 12.1 Å². The second kappa shape index (κ2) is 5.60. The third kappa shape index (κ3) is 2.84. The van der Waals surface area contributed by atoms with Crippen LogP contribution < -0.4 is 5.32 Å². The minimum atomic E-state index is 0.00194. The van der Waals surface area contributed by atoms with E-state index in [1.165, 1.54) is 0 Å². The molecule has 0 fully saturated rings. The van der Waals surface area contributed by atoms with E-state index in [0.29, 0.717) is 0 Å². The highest BCUT2D eigenvalue weighted by Gasteiger charge is 2.34. The van der Waals surface area contributed by atoms with Crippen LogP contribution in [0.1, 0.15) is 38.9 Å². The monoisotopic (exact) mass is 239 g/mol. The van der Waals surface area contributed by atoms with Crippen LogP contribution in [-0.4, -0.2) is 46.6 Å². The first kappa shape index (κ1) is 14.1. The third-order valence-corrected chi connectivity index (χ3v) is 3.53. The zero-order valence-electron chi connectivity index (χ0n) is 11.9. The highest BCUT2D eigenvalue weighted by Crippen LogP contribution is 2.28. The lowest BCUT2D eigenvalue weighted by molar-refractivity contribution is 0.137. The van der Waals surface area contributed by atoms with Crippen LogP contribution >= 0.6 is 0 Å². The van der Waals surface area contributed by atoms with E-state index in [0.717, 1.165) is 18.7 Å². The smallest absolute Gasteiger partial charge is 0.0775 e. The van der Waals surface area contributed by atoms with E-state index in [9.17, 15) is 0 Å². The largest absolute Gasteiger partial charge is 0.310 e. The first-order chi connectivity index (χ1) is 7.95. The fraction of sp³-hybridized carbons (Fsp3) is 0.833. The SMILES string of the molecule is CCCn1nncc1C(NC)C(C)(C)N(C)C. The number of aryl methyl sites for hydroxylation is 1. The van der Waals surface area contributed by atoms with Gasteiger partial charge in [-0.05, 0) is 41.4 Å². The molecule has 98 valence electrons. The molecule has 0 aliphatic rings. The molecule has 1 aromatic rings. The van der Waals surface area contributed by atoms with Gasteiger partial charge in [0.1, 0.15) is 0 Å². The standard InChI is InChI=1S/C12H25N5/c1-7-8-17-10(9-14-15-17)11(13-4)12(2,3)16(5)6/h9,11,13H,7-8H2,1-6H3. The maximum atomic E-state index is 4.16. The van der Waals surface area contributed by atoms with Gasteiger partial charge in [0.15, 0.2) is 0 Å². The van der Waals surface area contributed by atoms with Gasteiger partial charge in [0.05, 0.1) is 17.9 Å². The van der Waals surface area contributed by atoms with Gasteiger partial charge in [-0.25, -0.2) is 4.68 Å². The van der Waals surface area contributed by atoms with Crippen molar-refractivity contribution in [2.45, 2.75) is 45.3 Å². The van der Waals surface area contributed by atoms with Crippen LogP contribution in [-0.2, 0) is 6.54 Å². The van der Waals surface area contributed by atoms with Crippen molar-refractivity contribution in [1.29, 1.82) is 0 Å². The number of nitrogens with zero attached hydrogens (tertiary/aromatic N) is 4. The molecule has 17 heavy (non-hydrogen) atoms. The summed E-state index contributed by atoms with van der Waals surface area (Å²) in [6, 6.07) is 0.207. The van der Waals surface area contributed by atoms with Gasteiger partial charge in [-0.3, -0.25) is 0 Å². The summed E-state index contributed by atoms with van der Waals surface area (Å²) in [6.45, 7) is 7.50. The van der Waals surface area contributed by atoms with Gasteiger partial charge in [-0.2, -0.15) is 0 Å². The van der Waals surface area contributed by atoms with E-state index in [1.807, 2.05) is 17.9 Å². The van der Waals surface area contributed by atoms with Crippen LogP contribution in [0.5, 0.6) is 0 Å². The predicted octanol–water partition coefficient (Wildman–Crippen LogP) is 1.29. The minimum Gasteiger partial charge on any atom is -0.310 e. The lowest BCUT2D eigenvalue weighted by atomic mass is 9.91. The summed E-state index contributed by atoms with van der Waals surface area (Å²) < 4.78 is 1.99. The topological polar surface area (TPSA) is 46.0 Å². The van der Waals surface area contributed by atoms with E-state index < -0.39 is 0 Å². The molecule has 1 heterocycles. The summed E-state index contributed by atoms with van der Waals surface area (Å²) in [7, 11) is 6.18. The van der Waals surface area contributed by atoms with Crippen molar-refractivity contribution in [3.05, 3.63) is 11.9 Å². The van der Waals surface area contributed by atoms with Gasteiger partial charge in [0.25, 0.3) is 0 Å². The molecule has 1 atom stereocenters. The van der Waals surface area contributed by atoms with Crippen molar-refractivity contribution in [3.8, 4) is 0 Å². The Labute approximate surface area is 104 Å². The average molecular weight is 239 g/mol. The molecule has 0 saturated carbocycles. The average Bonchev–Trinajstić information content (AvgIpc) is 2.67. The number of hydrogen-bond donors (Lipinski definition) is 1. The van der Waals surface area contributed by atoms with Crippen molar-refractivity contribution in [3.63, 3.8) is 0 Å². The van der Waals surface area contributed by atoms with Gasteiger partial charge in [0.2, 0.25) is 0 Å². The lowest BCUT2D eigenvalue weighted by Crippen LogP contribution is -2.49. The second-order valence-electron chi connectivity index (χ2n) is 5.15. The molecule has 5 heteroatoms. The zero-order chi connectivity index (χ0) is 13.1. The molecule has 0 aromatic carbocycles. The summed E-state index contributed by atoms with van der Waals surface area (Å²) in [5.74, 6) is 0. The molecule has 0 radical (unpaired) electrons. The summed E-state index contributed by atoms with van der Waals surface area (Å²) in [4.78, 5) is 2.22. The Bertz CT molecular complexity index is 342. The fourth-order valence-corrected chi connectivity index (χ4v) is 2.00. The zero-order valence-corrected chi connectivity index (χ0v) is 11.9. The Morgan fingerprint density at radius 1 is 1.47 bits per heavy atom. The summed E-state index contributed by atoms with van der Waals surface area (Å²) in [5.41, 5.74) is 1.15. The normalized spacial score (nSPS) is 14.3. The molecule has 0 bridgehead atoms. The van der Waals surface area contributed by atoms with Crippen molar-refractivity contribution in [1.82, 2.24) is 25.2 Å². The van der Waals surface area contributed by atoms with Gasteiger partial charge in [0, 0.05) is 12.1 Å². The molecule has 0 spiro atoms. The van der Waals surface area contributed by atoms with Crippen molar-refractivity contribution < 1.29 is 0 Å². The highest BCUT2D eigenvalue weighted by atomic mass is 15.4. The van der Waals surface area contributed by atoms with Crippen molar-refractivity contribution in [2.24, 2.45) is 0 Å². The quantitative estimate of drug-likeness (QED) is 0.812. The Hall–Kier alpha value is -0.940. The molecule has 0 saturated heterocycles. The van der Waals surface area contributed by atoms with Crippen LogP contribution in [0.15, 0.2) is 6.20 Å². The lowest BCUT2D eigenvalue weighted by Gasteiger charge is -2.39.